The highest BCUT2D eigenvalue weighted by molar-refractivity contribution is 7.92. The third-order valence-electron chi connectivity index (χ3n) is 5.31. The fourth-order valence-electron chi connectivity index (χ4n) is 3.56. The lowest BCUT2D eigenvalue weighted by Crippen LogP contribution is -2.32. The first-order valence-corrected chi connectivity index (χ1v) is 12.8. The summed E-state index contributed by atoms with van der Waals surface area (Å²) in [5.41, 5.74) is 2.51. The zero-order valence-corrected chi connectivity index (χ0v) is 20.8. The van der Waals surface area contributed by atoms with Gasteiger partial charge in [0, 0.05) is 12.4 Å². The number of aryl methyl sites for hydroxylation is 1. The molecule has 9 heteroatoms. The van der Waals surface area contributed by atoms with Crippen molar-refractivity contribution in [2.24, 2.45) is 0 Å². The number of benzene rings is 1. The quantitative estimate of drug-likeness (QED) is 0.502. The largest absolute Gasteiger partial charge is 0.386 e. The minimum atomic E-state index is -4.12. The van der Waals surface area contributed by atoms with Gasteiger partial charge in [-0.25, -0.2) is 17.5 Å². The maximum absolute atomic E-state index is 14.5. The van der Waals surface area contributed by atoms with Crippen molar-refractivity contribution in [2.45, 2.75) is 56.8 Å². The summed E-state index contributed by atoms with van der Waals surface area (Å²) in [5.74, 6) is -1.25. The molecule has 2 N–H and O–H groups in total. The van der Waals surface area contributed by atoms with Crippen LogP contribution in [0.4, 0.5) is 4.39 Å². The molecule has 176 valence electrons. The van der Waals surface area contributed by atoms with Gasteiger partial charge in [0.25, 0.3) is 10.0 Å². The van der Waals surface area contributed by atoms with E-state index in [2.05, 4.69) is 9.71 Å². The van der Waals surface area contributed by atoms with Crippen LogP contribution in [-0.4, -0.2) is 24.4 Å². The van der Waals surface area contributed by atoms with Crippen LogP contribution in [0.5, 0.6) is 0 Å². The summed E-state index contributed by atoms with van der Waals surface area (Å²) in [7, 11) is -4.12. The van der Waals surface area contributed by atoms with Crippen LogP contribution in [-0.2, 0) is 26.8 Å². The molecule has 1 amide bonds. The molecular weight excluding hydrogens is 463 g/mol. The maximum Gasteiger partial charge on any atom is 0.273 e. The molecule has 0 unspecified atom stereocenters. The van der Waals surface area contributed by atoms with Crippen LogP contribution < -0.4 is 4.72 Å². The Kier molecular flexibility index (Phi) is 7.07. The molecule has 0 atom stereocenters. The van der Waals surface area contributed by atoms with Gasteiger partial charge in [-0.3, -0.25) is 9.78 Å². The van der Waals surface area contributed by atoms with E-state index in [0.717, 1.165) is 22.5 Å². The number of carbonyl (C=O) groups excluding carboxylic acids is 1. The molecule has 0 fully saturated rings. The van der Waals surface area contributed by atoms with Crippen LogP contribution in [0.3, 0.4) is 0 Å². The fourth-order valence-corrected chi connectivity index (χ4v) is 5.89. The Balaban J connectivity index is 1.98. The summed E-state index contributed by atoms with van der Waals surface area (Å²) in [5, 5.41) is 11.6. The second-order valence-corrected chi connectivity index (χ2v) is 11.6. The molecule has 0 saturated carbocycles. The Hall–Kier alpha value is -2.62. The van der Waals surface area contributed by atoms with Crippen molar-refractivity contribution in [2.75, 3.05) is 0 Å². The Labute approximate surface area is 197 Å². The van der Waals surface area contributed by atoms with Crippen LogP contribution in [0.1, 0.15) is 55.9 Å². The Morgan fingerprint density at radius 3 is 2.52 bits per heavy atom. The van der Waals surface area contributed by atoms with E-state index < -0.39 is 27.3 Å². The van der Waals surface area contributed by atoms with E-state index in [-0.39, 0.29) is 16.5 Å². The maximum atomic E-state index is 14.5. The van der Waals surface area contributed by atoms with Gasteiger partial charge in [-0.1, -0.05) is 13.8 Å². The third-order valence-corrected chi connectivity index (χ3v) is 8.13. The van der Waals surface area contributed by atoms with E-state index in [1.807, 2.05) is 20.8 Å². The molecule has 3 rings (SSSR count). The number of pyridine rings is 1. The number of halogens is 1. The van der Waals surface area contributed by atoms with Crippen molar-refractivity contribution in [3.05, 3.63) is 70.1 Å². The highest BCUT2D eigenvalue weighted by atomic mass is 32.2. The van der Waals surface area contributed by atoms with Gasteiger partial charge in [-0.05, 0) is 89.7 Å². The Bertz CT molecular complexity index is 1290. The summed E-state index contributed by atoms with van der Waals surface area (Å²) in [6, 6.07) is 5.84. The fraction of sp³-hybridized carbons (Fsp3) is 0.333. The van der Waals surface area contributed by atoms with Gasteiger partial charge in [0.05, 0.1) is 12.0 Å². The molecule has 2 heterocycles. The molecule has 0 saturated heterocycles. The first-order valence-electron chi connectivity index (χ1n) is 10.4. The van der Waals surface area contributed by atoms with Crippen molar-refractivity contribution in [3.8, 4) is 11.1 Å². The SMILES string of the molecule is Cc1cnccc1-c1cc(F)cc(C(C)C)c1CC(=O)NS(=O)(=O)c1cc(C(C)(C)O)cs1. The van der Waals surface area contributed by atoms with E-state index in [1.54, 1.807) is 37.7 Å². The molecule has 0 radical (unpaired) electrons. The second kappa shape index (κ2) is 9.32. The van der Waals surface area contributed by atoms with Gasteiger partial charge < -0.3 is 5.11 Å². The number of aromatic nitrogens is 1. The molecule has 0 bridgehead atoms. The summed E-state index contributed by atoms with van der Waals surface area (Å²) in [4.78, 5) is 17.0. The molecule has 2 aromatic heterocycles. The van der Waals surface area contributed by atoms with E-state index in [4.69, 9.17) is 0 Å². The lowest BCUT2D eigenvalue weighted by molar-refractivity contribution is -0.118. The van der Waals surface area contributed by atoms with Crippen molar-refractivity contribution in [3.63, 3.8) is 0 Å². The van der Waals surface area contributed by atoms with E-state index >= 15 is 0 Å². The van der Waals surface area contributed by atoms with Gasteiger partial charge >= 0.3 is 0 Å². The van der Waals surface area contributed by atoms with Gasteiger partial charge in [-0.2, -0.15) is 0 Å². The first-order chi connectivity index (χ1) is 15.3. The standard InChI is InChI=1S/C24H27FN2O4S2/c1-14(2)19-9-17(25)10-20(18-6-7-26-12-15(18)3)21(19)11-22(28)27-33(30,31)23-8-16(13-32-23)24(4,5)29/h6-10,12-14,29H,11H2,1-5H3,(H,27,28). The van der Waals surface area contributed by atoms with E-state index in [0.29, 0.717) is 22.3 Å². The lowest BCUT2D eigenvalue weighted by Gasteiger charge is -2.19. The van der Waals surface area contributed by atoms with E-state index in [1.165, 1.54) is 18.2 Å². The number of thiophene rings is 1. The minimum absolute atomic E-state index is 0.0682. The highest BCUT2D eigenvalue weighted by Crippen LogP contribution is 2.34. The van der Waals surface area contributed by atoms with Crippen LogP contribution in [0, 0.1) is 12.7 Å². The number of nitrogens with zero attached hydrogens (tertiary/aromatic N) is 1. The summed E-state index contributed by atoms with van der Waals surface area (Å²) < 4.78 is 42.1. The second-order valence-electron chi connectivity index (χ2n) is 8.79. The normalized spacial score (nSPS) is 12.2. The number of aliphatic hydroxyl groups is 1. The Morgan fingerprint density at radius 2 is 1.94 bits per heavy atom. The number of nitrogens with one attached hydrogen (secondary N) is 1. The van der Waals surface area contributed by atoms with Crippen LogP contribution >= 0.6 is 11.3 Å². The van der Waals surface area contributed by atoms with Crippen LogP contribution in [0.25, 0.3) is 11.1 Å². The number of carbonyl (C=O) groups is 1. The molecule has 0 aliphatic carbocycles. The van der Waals surface area contributed by atoms with Gasteiger partial charge in [-0.15, -0.1) is 11.3 Å². The average Bonchev–Trinajstić information content (AvgIpc) is 3.21. The van der Waals surface area contributed by atoms with Crippen LogP contribution in [0.2, 0.25) is 0 Å². The molecule has 3 aromatic rings. The van der Waals surface area contributed by atoms with Gasteiger partial charge in [0.15, 0.2) is 0 Å². The third kappa shape index (κ3) is 5.66. The zero-order chi connectivity index (χ0) is 24.6. The summed E-state index contributed by atoms with van der Waals surface area (Å²) >= 11 is 0.924. The average molecular weight is 491 g/mol. The number of hydrogen-bond acceptors (Lipinski definition) is 6. The van der Waals surface area contributed by atoms with Crippen molar-refractivity contribution in [1.29, 1.82) is 0 Å². The first kappa shape index (κ1) is 25.0. The molecule has 1 aromatic carbocycles. The molecule has 0 spiro atoms. The predicted octanol–water partition coefficient (Wildman–Crippen LogP) is 4.66. The number of hydrogen-bond donors (Lipinski definition) is 2. The number of sulfonamides is 1. The van der Waals surface area contributed by atoms with Crippen molar-refractivity contribution in [1.82, 2.24) is 9.71 Å². The molecule has 0 aliphatic heterocycles. The van der Waals surface area contributed by atoms with Gasteiger partial charge in [0.1, 0.15) is 10.0 Å². The minimum Gasteiger partial charge on any atom is -0.386 e. The molecule has 33 heavy (non-hydrogen) atoms. The predicted molar refractivity (Wildman–Crippen MR) is 127 cm³/mol. The lowest BCUT2D eigenvalue weighted by atomic mass is 9.87. The van der Waals surface area contributed by atoms with E-state index in [9.17, 15) is 22.7 Å². The monoisotopic (exact) mass is 490 g/mol. The topological polar surface area (TPSA) is 96.4 Å². The Morgan fingerprint density at radius 1 is 1.24 bits per heavy atom. The highest BCUT2D eigenvalue weighted by Gasteiger charge is 2.26. The van der Waals surface area contributed by atoms with Crippen molar-refractivity contribution >= 4 is 27.3 Å². The summed E-state index contributed by atoms with van der Waals surface area (Å²) in [6.07, 6.45) is 3.00. The molecule has 6 nitrogen and oxygen atoms in total. The summed E-state index contributed by atoms with van der Waals surface area (Å²) in [6.45, 7) is 8.72. The zero-order valence-electron chi connectivity index (χ0n) is 19.1. The molecule has 0 aliphatic rings. The number of amides is 1. The van der Waals surface area contributed by atoms with Gasteiger partial charge in [0.2, 0.25) is 5.91 Å². The van der Waals surface area contributed by atoms with Crippen LogP contribution in [0.15, 0.2) is 46.2 Å². The number of rotatable bonds is 7. The smallest absolute Gasteiger partial charge is 0.273 e. The van der Waals surface area contributed by atoms with Crippen molar-refractivity contribution < 1.29 is 22.7 Å². The molecular formula is C24H27FN2O4S2.